The van der Waals surface area contributed by atoms with Crippen LogP contribution in [0.25, 0.3) is 11.1 Å². The van der Waals surface area contributed by atoms with Gasteiger partial charge in [-0.15, -0.1) is 12.4 Å². The lowest BCUT2D eigenvalue weighted by Crippen LogP contribution is -2.36. The molecule has 1 N–H and O–H groups in total. The molecule has 0 radical (unpaired) electrons. The van der Waals surface area contributed by atoms with Crippen molar-refractivity contribution in [1.82, 2.24) is 4.90 Å². The van der Waals surface area contributed by atoms with Crippen LogP contribution in [0.15, 0.2) is 48.5 Å². The number of nitrogens with zero attached hydrogens (tertiary/aromatic N) is 1. The molecule has 2 rings (SSSR count). The number of aliphatic hydroxyl groups is 1. The van der Waals surface area contributed by atoms with Gasteiger partial charge in [0.1, 0.15) is 5.75 Å². The average Bonchev–Trinajstić information content (AvgIpc) is 2.59. The van der Waals surface area contributed by atoms with Gasteiger partial charge in [0.05, 0.1) is 13.2 Å². The van der Waals surface area contributed by atoms with E-state index in [1.54, 1.807) is 0 Å². The van der Waals surface area contributed by atoms with Crippen LogP contribution < -0.4 is 4.74 Å². The molecular weight excluding hydrogens is 381 g/mol. The molecule has 0 aliphatic carbocycles. The van der Waals surface area contributed by atoms with Crippen LogP contribution in [-0.4, -0.2) is 42.9 Å². The van der Waals surface area contributed by atoms with Crippen molar-refractivity contribution in [2.45, 2.75) is 27.2 Å². The van der Waals surface area contributed by atoms with Crippen molar-refractivity contribution in [2.75, 3.05) is 32.8 Å². The van der Waals surface area contributed by atoms with Crippen molar-refractivity contribution in [3.63, 3.8) is 0 Å². The Labute approximate surface area is 174 Å². The molecule has 0 saturated carbocycles. The molecule has 5 heteroatoms. The lowest BCUT2D eigenvalue weighted by atomic mass is 9.96. The molecule has 0 unspecified atom stereocenters. The van der Waals surface area contributed by atoms with Gasteiger partial charge in [0.15, 0.2) is 0 Å². The summed E-state index contributed by atoms with van der Waals surface area (Å²) in [5.74, 6) is 0.852. The van der Waals surface area contributed by atoms with E-state index in [-0.39, 0.29) is 24.4 Å². The monoisotopic (exact) mass is 411 g/mol. The van der Waals surface area contributed by atoms with Gasteiger partial charge in [0, 0.05) is 30.2 Å². The number of aliphatic hydroxyl groups excluding tert-OH is 1. The summed E-state index contributed by atoms with van der Waals surface area (Å²) < 4.78 is 6.06. The van der Waals surface area contributed by atoms with Crippen molar-refractivity contribution in [2.24, 2.45) is 5.41 Å². The third-order valence-electron chi connectivity index (χ3n) is 4.02. The molecule has 0 bridgehead atoms. The molecule has 0 aromatic heterocycles. The van der Waals surface area contributed by atoms with E-state index in [4.69, 9.17) is 16.3 Å². The van der Waals surface area contributed by atoms with Gasteiger partial charge in [-0.3, -0.25) is 0 Å². The third kappa shape index (κ3) is 8.52. The number of hydrogen-bond donors (Lipinski definition) is 1. The minimum absolute atomic E-state index is 0. The van der Waals surface area contributed by atoms with Gasteiger partial charge in [-0.25, -0.2) is 0 Å². The zero-order valence-corrected chi connectivity index (χ0v) is 18.0. The maximum absolute atomic E-state index is 9.27. The molecule has 150 valence electrons. The summed E-state index contributed by atoms with van der Waals surface area (Å²) in [5.41, 5.74) is 2.33. The van der Waals surface area contributed by atoms with Crippen LogP contribution in [0.2, 0.25) is 5.02 Å². The first-order valence-electron chi connectivity index (χ1n) is 9.20. The van der Waals surface area contributed by atoms with Gasteiger partial charge in [0.25, 0.3) is 0 Å². The Hall–Kier alpha value is -1.26. The Morgan fingerprint density at radius 1 is 1.04 bits per heavy atom. The van der Waals surface area contributed by atoms with Crippen LogP contribution in [0.1, 0.15) is 27.2 Å². The first-order chi connectivity index (χ1) is 12.4. The van der Waals surface area contributed by atoms with Crippen molar-refractivity contribution in [1.29, 1.82) is 0 Å². The molecule has 2 aromatic rings. The minimum Gasteiger partial charge on any atom is -0.493 e. The average molecular weight is 412 g/mol. The highest BCUT2D eigenvalue weighted by Crippen LogP contribution is 2.32. The Morgan fingerprint density at radius 2 is 1.74 bits per heavy atom. The van der Waals surface area contributed by atoms with Crippen LogP contribution in [0, 0.1) is 5.41 Å². The SMILES string of the molecule is CC(C)(C)CN(CCO)CCCOc1ccc(Cl)cc1-c1ccccc1.Cl. The zero-order valence-electron chi connectivity index (χ0n) is 16.5. The van der Waals surface area contributed by atoms with Crippen LogP contribution in [0.3, 0.4) is 0 Å². The second-order valence-corrected chi connectivity index (χ2v) is 8.21. The summed E-state index contributed by atoms with van der Waals surface area (Å²) in [7, 11) is 0. The smallest absolute Gasteiger partial charge is 0.127 e. The fourth-order valence-corrected chi connectivity index (χ4v) is 3.20. The van der Waals surface area contributed by atoms with E-state index < -0.39 is 0 Å². The van der Waals surface area contributed by atoms with Gasteiger partial charge >= 0.3 is 0 Å². The predicted octanol–water partition coefficient (Wildman–Crippen LogP) is 5.54. The van der Waals surface area contributed by atoms with Gasteiger partial charge in [-0.2, -0.15) is 0 Å². The normalized spacial score (nSPS) is 11.3. The fourth-order valence-electron chi connectivity index (χ4n) is 3.02. The highest BCUT2D eigenvalue weighted by atomic mass is 35.5. The number of ether oxygens (including phenoxy) is 1. The molecule has 3 nitrogen and oxygen atoms in total. The van der Waals surface area contributed by atoms with Gasteiger partial charge in [0.2, 0.25) is 0 Å². The Bertz CT molecular complexity index is 672. The van der Waals surface area contributed by atoms with Crippen LogP contribution in [0.5, 0.6) is 5.75 Å². The molecule has 0 atom stereocenters. The third-order valence-corrected chi connectivity index (χ3v) is 4.25. The number of rotatable bonds is 9. The first-order valence-corrected chi connectivity index (χ1v) is 9.58. The highest BCUT2D eigenvalue weighted by molar-refractivity contribution is 6.31. The molecule has 0 spiro atoms. The largest absolute Gasteiger partial charge is 0.493 e. The quantitative estimate of drug-likeness (QED) is 0.549. The van der Waals surface area contributed by atoms with E-state index >= 15 is 0 Å². The van der Waals surface area contributed by atoms with Crippen LogP contribution in [-0.2, 0) is 0 Å². The van der Waals surface area contributed by atoms with E-state index in [2.05, 4.69) is 37.8 Å². The molecule has 0 aliphatic rings. The summed E-state index contributed by atoms with van der Waals surface area (Å²) in [6.07, 6.45) is 0.910. The lowest BCUT2D eigenvalue weighted by Gasteiger charge is -2.29. The second kappa shape index (κ2) is 11.6. The first kappa shape index (κ1) is 23.8. The van der Waals surface area contributed by atoms with Crippen molar-refractivity contribution < 1.29 is 9.84 Å². The van der Waals surface area contributed by atoms with Crippen LogP contribution in [0.4, 0.5) is 0 Å². The summed E-state index contributed by atoms with van der Waals surface area (Å²) in [6.45, 7) is 10.0. The van der Waals surface area contributed by atoms with E-state index in [0.29, 0.717) is 18.2 Å². The molecule has 2 aromatic carbocycles. The van der Waals surface area contributed by atoms with E-state index in [1.807, 2.05) is 36.4 Å². The Morgan fingerprint density at radius 3 is 2.37 bits per heavy atom. The van der Waals surface area contributed by atoms with E-state index in [9.17, 15) is 5.11 Å². The summed E-state index contributed by atoms with van der Waals surface area (Å²) in [5, 5.41) is 9.98. The van der Waals surface area contributed by atoms with E-state index in [0.717, 1.165) is 36.4 Å². The summed E-state index contributed by atoms with van der Waals surface area (Å²) >= 11 is 6.18. The van der Waals surface area contributed by atoms with Gasteiger partial charge in [-0.05, 0) is 35.6 Å². The number of hydrogen-bond acceptors (Lipinski definition) is 3. The summed E-state index contributed by atoms with van der Waals surface area (Å²) in [6, 6.07) is 15.9. The topological polar surface area (TPSA) is 32.7 Å². The molecular formula is C22H31Cl2NO2. The lowest BCUT2D eigenvalue weighted by molar-refractivity contribution is 0.143. The zero-order chi connectivity index (χ0) is 19.0. The van der Waals surface area contributed by atoms with Crippen molar-refractivity contribution >= 4 is 24.0 Å². The highest BCUT2D eigenvalue weighted by Gasteiger charge is 2.16. The van der Waals surface area contributed by atoms with Gasteiger partial charge in [-0.1, -0.05) is 62.7 Å². The number of benzene rings is 2. The van der Waals surface area contributed by atoms with E-state index in [1.165, 1.54) is 0 Å². The Kier molecular flexibility index (Phi) is 10.2. The maximum Gasteiger partial charge on any atom is 0.127 e. The predicted molar refractivity (Wildman–Crippen MR) is 117 cm³/mol. The fraction of sp³-hybridized carbons (Fsp3) is 0.455. The van der Waals surface area contributed by atoms with Crippen LogP contribution >= 0.6 is 24.0 Å². The summed E-state index contributed by atoms with van der Waals surface area (Å²) in [4.78, 5) is 2.29. The molecule has 0 fully saturated rings. The van der Waals surface area contributed by atoms with Gasteiger partial charge < -0.3 is 14.7 Å². The van der Waals surface area contributed by atoms with Crippen molar-refractivity contribution in [3.8, 4) is 16.9 Å². The maximum atomic E-state index is 9.27. The molecule has 27 heavy (non-hydrogen) atoms. The number of halogens is 2. The minimum atomic E-state index is 0. The molecule has 0 saturated heterocycles. The molecule has 0 amide bonds. The Balaban J connectivity index is 0.00000364. The van der Waals surface area contributed by atoms with Crippen molar-refractivity contribution in [3.05, 3.63) is 53.6 Å². The second-order valence-electron chi connectivity index (χ2n) is 7.77. The standard InChI is InChI=1S/C22H30ClNO2.ClH/c1-22(2,3)17-24(13-14-25)12-7-15-26-21-11-10-19(23)16-20(21)18-8-5-4-6-9-18;/h4-6,8-11,16,25H,7,12-15,17H2,1-3H3;1H. The molecule has 0 aliphatic heterocycles. The molecule has 0 heterocycles.